The second kappa shape index (κ2) is 5.58. The fourth-order valence-corrected chi connectivity index (χ4v) is 1.65. The Morgan fingerprint density at radius 1 is 1.37 bits per heavy atom. The Morgan fingerprint density at radius 3 is 2.42 bits per heavy atom. The summed E-state index contributed by atoms with van der Waals surface area (Å²) in [5.74, 6) is -1.27. The Bertz CT molecular complexity index is 603. The van der Waals surface area contributed by atoms with Gasteiger partial charge in [-0.3, -0.25) is 4.55 Å². The zero-order chi connectivity index (χ0) is 14.8. The molecule has 1 aromatic rings. The Labute approximate surface area is 116 Å². The average molecular weight is 335 g/mol. The van der Waals surface area contributed by atoms with Crippen LogP contribution in [-0.2, 0) is 14.9 Å². The third-order valence-corrected chi connectivity index (χ3v) is 3.32. The molecule has 5 nitrogen and oxygen atoms in total. The molecule has 106 valence electrons. The van der Waals surface area contributed by atoms with Crippen molar-refractivity contribution in [3.63, 3.8) is 0 Å². The van der Waals surface area contributed by atoms with E-state index in [1.165, 1.54) is 12.1 Å². The lowest BCUT2D eigenvalue weighted by molar-refractivity contribution is -0.00949. The van der Waals surface area contributed by atoms with Crippen LogP contribution in [0.5, 0.6) is 0 Å². The van der Waals surface area contributed by atoms with Crippen molar-refractivity contribution in [2.24, 2.45) is 0 Å². The second-order valence-electron chi connectivity index (χ2n) is 3.31. The molecule has 0 aliphatic rings. The fourth-order valence-electron chi connectivity index (χ4n) is 0.957. The van der Waals surface area contributed by atoms with Crippen LogP contribution in [0.3, 0.4) is 0 Å². The lowest BCUT2D eigenvalue weighted by atomic mass is 10.2. The van der Waals surface area contributed by atoms with Crippen molar-refractivity contribution in [2.45, 2.75) is 5.25 Å². The number of halogens is 4. The van der Waals surface area contributed by atoms with Crippen LogP contribution in [0.1, 0.15) is 10.4 Å². The lowest BCUT2D eigenvalue weighted by Crippen LogP contribution is -2.34. The highest BCUT2D eigenvalue weighted by Gasteiger charge is 2.45. The average Bonchev–Trinajstić information content (AvgIpc) is 2.24. The van der Waals surface area contributed by atoms with Crippen LogP contribution in [-0.4, -0.2) is 30.8 Å². The van der Waals surface area contributed by atoms with Crippen molar-refractivity contribution in [2.75, 3.05) is 6.61 Å². The van der Waals surface area contributed by atoms with E-state index < -0.39 is 27.9 Å². The largest absolute Gasteiger partial charge is 0.454 e. The van der Waals surface area contributed by atoms with Crippen molar-refractivity contribution in [3.05, 3.63) is 33.8 Å². The van der Waals surface area contributed by atoms with E-state index in [9.17, 15) is 22.0 Å². The highest BCUT2D eigenvalue weighted by molar-refractivity contribution is 7.86. The number of carbonyl (C=O) groups is 1. The maximum atomic E-state index is 12.8. The Hall–Kier alpha value is -0.960. The monoisotopic (exact) mass is 334 g/mol. The number of rotatable bonds is 4. The summed E-state index contributed by atoms with van der Waals surface area (Å²) < 4.78 is 58.5. The molecule has 0 saturated carbocycles. The topological polar surface area (TPSA) is 80.7 Å². The smallest absolute Gasteiger partial charge is 0.402 e. The van der Waals surface area contributed by atoms with Gasteiger partial charge in [0.2, 0.25) is 0 Å². The minimum Gasteiger partial charge on any atom is -0.454 e. The second-order valence-corrected chi connectivity index (χ2v) is 5.70. The zero-order valence-corrected chi connectivity index (χ0v) is 11.3. The summed E-state index contributed by atoms with van der Waals surface area (Å²) in [5.41, 5.74) is -0.266. The molecular formula is C9H6Cl2F2O5S. The van der Waals surface area contributed by atoms with E-state index in [1.54, 1.807) is 0 Å². The molecule has 10 heteroatoms. The van der Waals surface area contributed by atoms with Gasteiger partial charge in [0, 0.05) is 5.02 Å². The van der Waals surface area contributed by atoms with Gasteiger partial charge in [-0.2, -0.15) is 17.2 Å². The van der Waals surface area contributed by atoms with Crippen molar-refractivity contribution < 1.29 is 31.3 Å². The van der Waals surface area contributed by atoms with Gasteiger partial charge in [0.15, 0.2) is 6.61 Å². The summed E-state index contributed by atoms with van der Waals surface area (Å²) in [5, 5.41) is -4.53. The van der Waals surface area contributed by atoms with Gasteiger partial charge in [-0.1, -0.05) is 23.2 Å². The zero-order valence-electron chi connectivity index (χ0n) is 8.94. The highest BCUT2D eigenvalue weighted by Crippen LogP contribution is 2.24. The van der Waals surface area contributed by atoms with E-state index in [0.717, 1.165) is 6.07 Å². The molecule has 0 heterocycles. The van der Waals surface area contributed by atoms with Gasteiger partial charge in [0.25, 0.3) is 0 Å². The minimum absolute atomic E-state index is 0.146. The van der Waals surface area contributed by atoms with E-state index >= 15 is 0 Å². The van der Waals surface area contributed by atoms with Crippen LogP contribution in [0.15, 0.2) is 18.2 Å². The number of ether oxygens (including phenoxy) is 1. The molecule has 0 amide bonds. The van der Waals surface area contributed by atoms with Crippen LogP contribution in [0.2, 0.25) is 10.0 Å². The molecular weight excluding hydrogens is 329 g/mol. The van der Waals surface area contributed by atoms with E-state index in [-0.39, 0.29) is 15.6 Å². The lowest BCUT2D eigenvalue weighted by Gasteiger charge is -2.13. The minimum atomic E-state index is -5.66. The summed E-state index contributed by atoms with van der Waals surface area (Å²) in [4.78, 5) is 11.4. The van der Waals surface area contributed by atoms with Crippen LogP contribution < -0.4 is 0 Å². The summed E-state index contributed by atoms with van der Waals surface area (Å²) >= 11 is 11.2. The molecule has 0 fully saturated rings. The van der Waals surface area contributed by atoms with Gasteiger partial charge in [-0.15, -0.1) is 0 Å². The number of esters is 1. The molecule has 0 radical (unpaired) electrons. The van der Waals surface area contributed by atoms with Crippen molar-refractivity contribution >= 4 is 39.3 Å². The Morgan fingerprint density at radius 2 is 1.95 bits per heavy atom. The Balaban J connectivity index is 2.82. The third kappa shape index (κ3) is 4.00. The summed E-state index contributed by atoms with van der Waals surface area (Å²) in [6.07, 6.45) is 0. The van der Waals surface area contributed by atoms with Crippen molar-refractivity contribution in [3.8, 4) is 0 Å². The molecule has 0 aromatic heterocycles. The molecule has 0 saturated heterocycles. The van der Waals surface area contributed by atoms with Crippen LogP contribution >= 0.6 is 23.2 Å². The van der Waals surface area contributed by atoms with Crippen LogP contribution in [0, 0.1) is 0 Å². The van der Waals surface area contributed by atoms with E-state index in [0.29, 0.717) is 0 Å². The van der Waals surface area contributed by atoms with E-state index in [2.05, 4.69) is 4.74 Å². The van der Waals surface area contributed by atoms with E-state index in [4.69, 9.17) is 27.8 Å². The van der Waals surface area contributed by atoms with Crippen LogP contribution in [0.25, 0.3) is 0 Å². The van der Waals surface area contributed by atoms with Gasteiger partial charge < -0.3 is 4.74 Å². The molecule has 1 N–H and O–H groups in total. The van der Waals surface area contributed by atoms with Crippen LogP contribution in [0.4, 0.5) is 8.78 Å². The first-order chi connectivity index (χ1) is 8.54. The van der Waals surface area contributed by atoms with Gasteiger partial charge in [0.1, 0.15) is 0 Å². The quantitative estimate of drug-likeness (QED) is 0.676. The number of hydrogen-bond donors (Lipinski definition) is 1. The highest BCUT2D eigenvalue weighted by atomic mass is 35.5. The summed E-state index contributed by atoms with van der Waals surface area (Å²) in [6, 6.07) is 3.57. The molecule has 0 aliphatic carbocycles. The molecule has 0 aliphatic heterocycles. The summed E-state index contributed by atoms with van der Waals surface area (Å²) in [7, 11) is -5.66. The van der Waals surface area contributed by atoms with E-state index in [1.807, 2.05) is 0 Å². The standard InChI is InChI=1S/C9H6Cl2F2O5S/c10-5-1-2-6(7(11)3-5)8(14)18-4-9(12,13)19(15,16)17/h1-3H,4H2,(H,15,16,17). The predicted octanol–water partition coefficient (Wildman–Crippen LogP) is 2.63. The first-order valence-corrected chi connectivity index (χ1v) is 6.71. The number of carbonyl (C=O) groups excluding carboxylic acids is 1. The SMILES string of the molecule is O=C(OCC(F)(F)S(=O)(=O)O)c1ccc(Cl)cc1Cl. The molecule has 1 rings (SSSR count). The van der Waals surface area contributed by atoms with Gasteiger partial charge >= 0.3 is 21.3 Å². The first kappa shape index (κ1) is 16.1. The first-order valence-electron chi connectivity index (χ1n) is 4.51. The predicted molar refractivity (Wildman–Crippen MR) is 63.2 cm³/mol. The van der Waals surface area contributed by atoms with Gasteiger partial charge in [0.05, 0.1) is 10.6 Å². The normalized spacial score (nSPS) is 12.3. The molecule has 0 spiro atoms. The fraction of sp³-hybridized carbons (Fsp3) is 0.222. The molecule has 1 aromatic carbocycles. The number of hydrogen-bond acceptors (Lipinski definition) is 4. The van der Waals surface area contributed by atoms with Crippen molar-refractivity contribution in [1.82, 2.24) is 0 Å². The maximum absolute atomic E-state index is 12.8. The number of alkyl halides is 2. The maximum Gasteiger partial charge on any atom is 0.402 e. The van der Waals surface area contributed by atoms with Gasteiger partial charge in [-0.05, 0) is 18.2 Å². The van der Waals surface area contributed by atoms with Crippen molar-refractivity contribution in [1.29, 1.82) is 0 Å². The molecule has 19 heavy (non-hydrogen) atoms. The Kier molecular flexibility index (Phi) is 4.72. The number of benzene rings is 1. The molecule has 0 unspecified atom stereocenters. The summed E-state index contributed by atoms with van der Waals surface area (Å²) in [6.45, 7) is -1.83. The molecule has 0 bridgehead atoms. The third-order valence-electron chi connectivity index (χ3n) is 1.90. The molecule has 0 atom stereocenters. The van der Waals surface area contributed by atoms with Gasteiger partial charge in [-0.25, -0.2) is 4.79 Å².